The molecular formula is C48H40N2. The first-order valence-corrected chi connectivity index (χ1v) is 17.4. The van der Waals surface area contributed by atoms with E-state index in [0.29, 0.717) is 0 Å². The Morgan fingerprint density at radius 1 is 0.380 bits per heavy atom. The van der Waals surface area contributed by atoms with E-state index in [1.54, 1.807) is 0 Å². The Labute approximate surface area is 294 Å². The number of hydrogen-bond donors (Lipinski definition) is 1. The monoisotopic (exact) mass is 644 g/mol. The molecule has 0 spiro atoms. The van der Waals surface area contributed by atoms with Crippen molar-refractivity contribution in [1.29, 1.82) is 0 Å². The van der Waals surface area contributed by atoms with Gasteiger partial charge >= 0.3 is 0 Å². The summed E-state index contributed by atoms with van der Waals surface area (Å²) in [4.78, 5) is 9.32. The maximum Gasteiger partial charge on any atom is 0.0737 e. The summed E-state index contributed by atoms with van der Waals surface area (Å²) < 4.78 is 0. The van der Waals surface area contributed by atoms with Crippen LogP contribution in [0.1, 0.15) is 39.2 Å². The van der Waals surface area contributed by atoms with E-state index in [0.717, 1.165) is 50.1 Å². The summed E-state index contributed by atoms with van der Waals surface area (Å²) in [5.74, 6) is 0. The minimum atomic E-state index is 0.938. The number of H-pyrrole nitrogens is 1. The highest BCUT2D eigenvalue weighted by atomic mass is 14.7. The molecule has 242 valence electrons. The van der Waals surface area contributed by atoms with Gasteiger partial charge in [0, 0.05) is 27.7 Å². The van der Waals surface area contributed by atoms with Crippen molar-refractivity contribution in [3.05, 3.63) is 173 Å². The molecule has 1 aliphatic rings. The highest BCUT2D eigenvalue weighted by molar-refractivity contribution is 6.00. The van der Waals surface area contributed by atoms with Crippen LogP contribution in [0.2, 0.25) is 0 Å². The van der Waals surface area contributed by atoms with Gasteiger partial charge in [0.1, 0.15) is 0 Å². The number of benzene rings is 5. The molecule has 2 heteroatoms. The fraction of sp³-hybridized carbons (Fsp3) is 0.104. The number of aromatic amines is 1. The van der Waals surface area contributed by atoms with Gasteiger partial charge in [0.2, 0.25) is 0 Å². The summed E-state index contributed by atoms with van der Waals surface area (Å²) in [5.41, 5.74) is 17.0. The van der Waals surface area contributed by atoms with Crippen molar-refractivity contribution in [2.24, 2.45) is 0 Å². The van der Waals surface area contributed by atoms with Crippen LogP contribution in [0.15, 0.2) is 133 Å². The molecule has 0 unspecified atom stereocenters. The summed E-state index contributed by atoms with van der Waals surface area (Å²) in [6.07, 6.45) is 4.36. The van der Waals surface area contributed by atoms with E-state index in [9.17, 15) is 0 Å². The van der Waals surface area contributed by atoms with Gasteiger partial charge < -0.3 is 4.98 Å². The number of nitrogens with zero attached hydrogens (tertiary/aromatic N) is 1. The molecule has 0 radical (unpaired) electrons. The third-order valence-corrected chi connectivity index (χ3v) is 10.1. The van der Waals surface area contributed by atoms with E-state index in [-0.39, 0.29) is 0 Å². The third kappa shape index (κ3) is 5.84. The molecule has 3 heterocycles. The molecule has 0 fully saturated rings. The smallest absolute Gasteiger partial charge is 0.0737 e. The lowest BCUT2D eigenvalue weighted by molar-refractivity contribution is 1.32. The summed E-state index contributed by atoms with van der Waals surface area (Å²) in [6, 6.07) is 48.8. The van der Waals surface area contributed by atoms with Gasteiger partial charge in [-0.1, -0.05) is 126 Å². The summed E-state index contributed by atoms with van der Waals surface area (Å²) in [5, 5.41) is 4.73. The van der Waals surface area contributed by atoms with E-state index in [2.05, 4.69) is 185 Å². The van der Waals surface area contributed by atoms with E-state index in [1.165, 1.54) is 55.1 Å². The zero-order valence-corrected chi connectivity index (χ0v) is 29.3. The highest BCUT2D eigenvalue weighted by Crippen LogP contribution is 2.37. The molecule has 8 rings (SSSR count). The van der Waals surface area contributed by atoms with Crippen LogP contribution >= 0.6 is 0 Å². The summed E-state index contributed by atoms with van der Waals surface area (Å²) in [6.45, 7) is 10.9. The van der Waals surface area contributed by atoms with E-state index < -0.39 is 0 Å². The van der Waals surface area contributed by atoms with Crippen molar-refractivity contribution >= 4 is 44.7 Å². The van der Waals surface area contributed by atoms with Crippen LogP contribution in [0.3, 0.4) is 0 Å². The Hall–Kier alpha value is -5.99. The molecule has 0 atom stereocenters. The lowest BCUT2D eigenvalue weighted by Crippen LogP contribution is -1.88. The fourth-order valence-electron chi connectivity index (χ4n) is 7.12. The van der Waals surface area contributed by atoms with Crippen LogP contribution < -0.4 is 0 Å². The van der Waals surface area contributed by atoms with Gasteiger partial charge in [0.15, 0.2) is 0 Å². The van der Waals surface area contributed by atoms with E-state index in [1.807, 2.05) is 0 Å². The number of nitrogens with one attached hydrogen (secondary N) is 1. The zero-order valence-electron chi connectivity index (χ0n) is 29.3. The lowest BCUT2D eigenvalue weighted by atomic mass is 9.96. The number of hydrogen-bond acceptors (Lipinski definition) is 1. The van der Waals surface area contributed by atoms with Crippen LogP contribution in [-0.2, 0) is 0 Å². The van der Waals surface area contributed by atoms with Crippen LogP contribution in [0.4, 0.5) is 0 Å². The molecule has 2 nitrogen and oxygen atoms in total. The van der Waals surface area contributed by atoms with Gasteiger partial charge in [0.25, 0.3) is 0 Å². The van der Waals surface area contributed by atoms with Crippen molar-refractivity contribution in [3.63, 3.8) is 0 Å². The van der Waals surface area contributed by atoms with Gasteiger partial charge in [-0.2, -0.15) is 0 Å². The number of aromatic nitrogens is 2. The topological polar surface area (TPSA) is 28.7 Å². The Bertz CT molecular complexity index is 2600. The molecule has 5 aromatic carbocycles. The number of rotatable bonds is 3. The number of aryl methyl sites for hydroxylation is 5. The molecule has 0 saturated carbocycles. The second kappa shape index (κ2) is 12.8. The minimum absolute atomic E-state index is 0.938. The standard InChI is InChI=1S/C48H40N2/c1-30-12-18-35(19-13-30)46-40-10-6-8-38(28-40)33(4)34(5)39-9-7-11-41(29-39)47(36-20-14-31(2)15-21-36)43-25-27-45(50-43)48(44-26-24-42(46)49-44)37-22-16-32(3)17-23-37/h6-29,49H,1-5H3. The van der Waals surface area contributed by atoms with Crippen molar-refractivity contribution in [2.45, 2.75) is 34.6 Å². The zero-order chi connectivity index (χ0) is 34.4. The first kappa shape index (κ1) is 31.3. The van der Waals surface area contributed by atoms with E-state index >= 15 is 0 Å². The largest absolute Gasteiger partial charge is 0.354 e. The molecular weight excluding hydrogens is 605 g/mol. The number of fused-ring (bicyclic) bond motifs is 8. The molecule has 50 heavy (non-hydrogen) atoms. The van der Waals surface area contributed by atoms with Crippen molar-refractivity contribution < 1.29 is 0 Å². The summed E-state index contributed by atoms with van der Waals surface area (Å²) >= 11 is 0. The molecule has 2 aromatic heterocycles. The third-order valence-electron chi connectivity index (χ3n) is 10.1. The van der Waals surface area contributed by atoms with Gasteiger partial charge in [-0.05, 0) is 120 Å². The Morgan fingerprint density at radius 3 is 1.26 bits per heavy atom. The van der Waals surface area contributed by atoms with Crippen LogP contribution in [0.5, 0.6) is 0 Å². The predicted octanol–water partition coefficient (Wildman–Crippen LogP) is 13.1. The predicted molar refractivity (Wildman–Crippen MR) is 215 cm³/mol. The second-order valence-electron chi connectivity index (χ2n) is 13.6. The van der Waals surface area contributed by atoms with Gasteiger partial charge in [-0.3, -0.25) is 0 Å². The molecule has 0 saturated heterocycles. The Morgan fingerprint density at radius 2 is 0.760 bits per heavy atom. The van der Waals surface area contributed by atoms with Gasteiger partial charge in [-0.25, -0.2) is 4.98 Å². The second-order valence-corrected chi connectivity index (χ2v) is 13.6. The fourth-order valence-corrected chi connectivity index (χ4v) is 7.12. The van der Waals surface area contributed by atoms with Crippen LogP contribution in [0, 0.1) is 34.6 Å². The van der Waals surface area contributed by atoms with Crippen molar-refractivity contribution in [1.82, 2.24) is 9.97 Å². The van der Waals surface area contributed by atoms with Gasteiger partial charge in [-0.15, -0.1) is 0 Å². The molecule has 0 amide bonds. The maximum atomic E-state index is 5.43. The molecule has 1 aliphatic heterocycles. The molecule has 7 aromatic rings. The Kier molecular flexibility index (Phi) is 8.01. The first-order valence-electron chi connectivity index (χ1n) is 17.4. The molecule has 0 aliphatic carbocycles. The van der Waals surface area contributed by atoms with Crippen LogP contribution in [0.25, 0.3) is 78.1 Å². The first-order chi connectivity index (χ1) is 24.3. The normalized spacial score (nSPS) is 11.6. The molecule has 8 bridgehead atoms. The molecule has 1 N–H and O–H groups in total. The quantitative estimate of drug-likeness (QED) is 0.204. The average Bonchev–Trinajstić information content (AvgIpc) is 3.81. The average molecular weight is 645 g/mol. The highest BCUT2D eigenvalue weighted by Gasteiger charge is 2.16. The minimum Gasteiger partial charge on any atom is -0.354 e. The SMILES string of the molecule is Cc1ccc(-c2c3nc(c(-c4ccc(C)cc4)c4ccc([nH]4)c(-c4ccc(C)cc4)c4cccc(c4)c(C)c(C)c4cccc2c4)C=C3)cc1. The van der Waals surface area contributed by atoms with E-state index in [4.69, 9.17) is 4.98 Å². The van der Waals surface area contributed by atoms with Crippen LogP contribution in [-0.4, -0.2) is 9.97 Å². The lowest BCUT2D eigenvalue weighted by Gasteiger charge is -2.08. The summed E-state index contributed by atoms with van der Waals surface area (Å²) in [7, 11) is 0. The maximum absolute atomic E-state index is 5.43. The van der Waals surface area contributed by atoms with Crippen molar-refractivity contribution in [3.8, 4) is 33.4 Å². The van der Waals surface area contributed by atoms with Gasteiger partial charge in [0.05, 0.1) is 11.4 Å². The van der Waals surface area contributed by atoms with Crippen molar-refractivity contribution in [2.75, 3.05) is 0 Å². The Balaban J connectivity index is 1.59.